The van der Waals surface area contributed by atoms with Crippen LogP contribution in [0, 0.1) is 0 Å². The van der Waals surface area contributed by atoms with Gasteiger partial charge in [-0.15, -0.1) is 0 Å². The smallest absolute Gasteiger partial charge is 0.277 e. The van der Waals surface area contributed by atoms with Crippen molar-refractivity contribution in [3.63, 3.8) is 0 Å². The number of hydrazone groups is 1. The van der Waals surface area contributed by atoms with E-state index in [0.717, 1.165) is 12.1 Å². The maximum absolute atomic E-state index is 12.0. The average molecular weight is 302 g/mol. The maximum Gasteiger partial charge on any atom is 0.446 e. The van der Waals surface area contributed by atoms with Crippen LogP contribution in [0.25, 0.3) is 0 Å². The molecule has 0 aliphatic rings. The second kappa shape index (κ2) is 5.12. The van der Waals surface area contributed by atoms with E-state index in [-0.39, 0.29) is 10.6 Å². The van der Waals surface area contributed by atoms with Crippen molar-refractivity contribution in [1.82, 2.24) is 0 Å². The van der Waals surface area contributed by atoms with Crippen LogP contribution in [0.15, 0.2) is 34.3 Å². The van der Waals surface area contributed by atoms with Gasteiger partial charge in [0.05, 0.1) is 10.6 Å². The zero-order valence-corrected chi connectivity index (χ0v) is 10.1. The molecule has 0 heterocycles. The zero-order valence-electron chi connectivity index (χ0n) is 8.57. The minimum atomic E-state index is -4.74. The fourth-order valence-electron chi connectivity index (χ4n) is 0.896. The topological polar surface area (TPSA) is 84.5 Å². The fourth-order valence-corrected chi connectivity index (χ4v) is 1.45. The predicted octanol–water partition coefficient (Wildman–Crippen LogP) is 1.86. The third-order valence-corrected chi connectivity index (χ3v) is 2.93. The van der Waals surface area contributed by atoms with Crippen LogP contribution in [0.3, 0.4) is 0 Å². The number of hydrogen-bond donors (Lipinski definition) is 2. The number of anilines is 1. The lowest BCUT2D eigenvalue weighted by Crippen LogP contribution is -2.18. The lowest BCUT2D eigenvalue weighted by Gasteiger charge is -2.05. The molecule has 100 valence electrons. The number of alkyl halides is 3. The highest BCUT2D eigenvalue weighted by Crippen LogP contribution is 2.20. The first-order valence-corrected chi connectivity index (χ1v) is 6.22. The van der Waals surface area contributed by atoms with Crippen molar-refractivity contribution in [2.45, 2.75) is 11.1 Å². The first kappa shape index (κ1) is 14.7. The molecule has 5 nitrogen and oxygen atoms in total. The Kier molecular flexibility index (Phi) is 4.20. The van der Waals surface area contributed by atoms with Crippen molar-refractivity contribution in [2.75, 3.05) is 5.43 Å². The van der Waals surface area contributed by atoms with E-state index >= 15 is 0 Å². The van der Waals surface area contributed by atoms with E-state index in [1.807, 2.05) is 5.43 Å². The van der Waals surface area contributed by atoms with Crippen molar-refractivity contribution < 1.29 is 21.6 Å². The number of primary sulfonamides is 1. The summed E-state index contributed by atoms with van der Waals surface area (Å²) >= 11 is 4.86. The largest absolute Gasteiger partial charge is 0.446 e. The Labute approximate surface area is 105 Å². The molecule has 1 aromatic rings. The quantitative estimate of drug-likeness (QED) is 0.660. The number of benzene rings is 1. The molecule has 0 aliphatic carbocycles. The fraction of sp³-hybridized carbons (Fsp3) is 0.125. The Morgan fingerprint density at radius 1 is 1.28 bits per heavy atom. The summed E-state index contributed by atoms with van der Waals surface area (Å²) in [5.41, 5.74) is 2.16. The van der Waals surface area contributed by atoms with Crippen molar-refractivity contribution in [3.8, 4) is 0 Å². The Morgan fingerprint density at radius 3 is 2.17 bits per heavy atom. The molecule has 0 saturated heterocycles. The van der Waals surface area contributed by atoms with Gasteiger partial charge in [-0.25, -0.2) is 13.6 Å². The molecule has 3 N–H and O–H groups in total. The third kappa shape index (κ3) is 4.17. The van der Waals surface area contributed by atoms with Crippen LogP contribution in [0.1, 0.15) is 0 Å². The van der Waals surface area contributed by atoms with Crippen molar-refractivity contribution in [1.29, 1.82) is 0 Å². The van der Waals surface area contributed by atoms with Gasteiger partial charge in [-0.1, -0.05) is 11.6 Å². The molecule has 0 atom stereocenters. The highest BCUT2D eigenvalue weighted by Gasteiger charge is 2.34. The Morgan fingerprint density at radius 2 is 1.78 bits per heavy atom. The summed E-state index contributed by atoms with van der Waals surface area (Å²) < 4.78 is 57.7. The molecule has 0 radical (unpaired) electrons. The van der Waals surface area contributed by atoms with E-state index in [4.69, 9.17) is 16.7 Å². The van der Waals surface area contributed by atoms with E-state index in [9.17, 15) is 21.6 Å². The van der Waals surface area contributed by atoms with Crippen LogP contribution < -0.4 is 10.6 Å². The average Bonchev–Trinajstić information content (AvgIpc) is 2.24. The first-order chi connectivity index (χ1) is 8.10. The number of nitrogens with two attached hydrogens (primary N) is 1. The summed E-state index contributed by atoms with van der Waals surface area (Å²) in [6.07, 6.45) is -4.74. The lowest BCUT2D eigenvalue weighted by molar-refractivity contribution is -0.0559. The van der Waals surface area contributed by atoms with Gasteiger partial charge in [0.15, 0.2) is 0 Å². The molecule has 0 unspecified atom stereocenters. The van der Waals surface area contributed by atoms with Crippen molar-refractivity contribution in [2.24, 2.45) is 10.2 Å². The summed E-state index contributed by atoms with van der Waals surface area (Å²) in [6.45, 7) is 0. The lowest BCUT2D eigenvalue weighted by atomic mass is 10.3. The van der Waals surface area contributed by atoms with E-state index < -0.39 is 21.4 Å². The van der Waals surface area contributed by atoms with Crippen LogP contribution in [0.5, 0.6) is 0 Å². The number of halogens is 4. The van der Waals surface area contributed by atoms with Crippen LogP contribution in [0.2, 0.25) is 0 Å². The summed E-state index contributed by atoms with van der Waals surface area (Å²) in [6, 6.07) is 4.64. The van der Waals surface area contributed by atoms with E-state index in [1.165, 1.54) is 12.1 Å². The number of sulfonamides is 1. The Balaban J connectivity index is 2.83. The van der Waals surface area contributed by atoms with Crippen LogP contribution in [-0.2, 0) is 10.0 Å². The highest BCUT2D eigenvalue weighted by molar-refractivity contribution is 7.89. The maximum atomic E-state index is 12.0. The van der Waals surface area contributed by atoms with E-state index in [1.54, 1.807) is 0 Å². The normalized spacial score (nSPS) is 13.5. The van der Waals surface area contributed by atoms with Crippen LogP contribution in [-0.4, -0.2) is 19.8 Å². The van der Waals surface area contributed by atoms with Crippen molar-refractivity contribution >= 4 is 32.5 Å². The zero-order chi connectivity index (χ0) is 14.0. The molecule has 0 aromatic heterocycles. The summed E-state index contributed by atoms with van der Waals surface area (Å²) in [7, 11) is -3.84. The molecular formula is C8H7ClF3N3O2S. The van der Waals surface area contributed by atoms with Gasteiger partial charge in [0, 0.05) is 0 Å². The first-order valence-electron chi connectivity index (χ1n) is 4.30. The SMILES string of the molecule is NS(=O)(=O)c1ccc(N/N=C(\Cl)C(F)(F)F)cc1. The second-order valence-corrected chi connectivity index (χ2v) is 5.00. The number of nitrogens with zero attached hydrogens (tertiary/aromatic N) is 1. The van der Waals surface area contributed by atoms with Gasteiger partial charge in [0.1, 0.15) is 0 Å². The Hall–Kier alpha value is -1.32. The molecule has 1 aromatic carbocycles. The van der Waals surface area contributed by atoms with E-state index in [2.05, 4.69) is 5.10 Å². The molecule has 10 heteroatoms. The number of rotatable bonds is 3. The summed E-state index contributed by atoms with van der Waals surface area (Å²) in [5, 5.41) is 6.15. The van der Waals surface area contributed by atoms with Gasteiger partial charge in [-0.2, -0.15) is 18.3 Å². The minimum absolute atomic E-state index is 0.129. The highest BCUT2D eigenvalue weighted by atomic mass is 35.5. The predicted molar refractivity (Wildman–Crippen MR) is 60.8 cm³/mol. The molecule has 1 rings (SSSR count). The monoisotopic (exact) mass is 301 g/mol. The molecular weight excluding hydrogens is 295 g/mol. The molecule has 0 amide bonds. The third-order valence-electron chi connectivity index (χ3n) is 1.70. The van der Waals surface area contributed by atoms with Crippen molar-refractivity contribution in [3.05, 3.63) is 24.3 Å². The molecule has 0 fully saturated rings. The van der Waals surface area contributed by atoms with Gasteiger partial charge < -0.3 is 0 Å². The van der Waals surface area contributed by atoms with Gasteiger partial charge in [0.2, 0.25) is 15.2 Å². The summed E-state index contributed by atoms with van der Waals surface area (Å²) in [4.78, 5) is -0.168. The second-order valence-electron chi connectivity index (χ2n) is 3.08. The van der Waals surface area contributed by atoms with Crippen LogP contribution >= 0.6 is 11.6 Å². The molecule has 0 spiro atoms. The van der Waals surface area contributed by atoms with Gasteiger partial charge in [-0.05, 0) is 24.3 Å². The van der Waals surface area contributed by atoms with Gasteiger partial charge >= 0.3 is 6.18 Å². The standard InChI is InChI=1S/C8H7ClF3N3O2S/c9-7(8(10,11)12)15-14-5-1-3-6(4-2-5)18(13,16)17/h1-4,14H,(H2,13,16,17)/b15-7-. The van der Waals surface area contributed by atoms with Gasteiger partial charge in [-0.3, -0.25) is 5.43 Å². The molecule has 0 aliphatic heterocycles. The minimum Gasteiger partial charge on any atom is -0.277 e. The number of hydrogen-bond acceptors (Lipinski definition) is 4. The number of nitrogens with one attached hydrogen (secondary N) is 1. The van der Waals surface area contributed by atoms with Crippen LogP contribution in [0.4, 0.5) is 18.9 Å². The van der Waals surface area contributed by atoms with Gasteiger partial charge in [0.25, 0.3) is 0 Å². The molecule has 0 saturated carbocycles. The summed E-state index contributed by atoms with van der Waals surface area (Å²) in [5.74, 6) is 0. The molecule has 0 bridgehead atoms. The molecule has 18 heavy (non-hydrogen) atoms. The van der Waals surface area contributed by atoms with E-state index in [0.29, 0.717) is 0 Å². The Bertz CT molecular complexity index is 554.